The fourth-order valence-corrected chi connectivity index (χ4v) is 2.59. The lowest BCUT2D eigenvalue weighted by atomic mass is 10.0. The molecule has 0 spiro atoms. The first-order valence-electron chi connectivity index (χ1n) is 6.18. The van der Waals surface area contributed by atoms with Gasteiger partial charge in [-0.1, -0.05) is 55.5 Å². The van der Waals surface area contributed by atoms with Gasteiger partial charge in [0.1, 0.15) is 0 Å². The molecule has 2 rings (SSSR count). The summed E-state index contributed by atoms with van der Waals surface area (Å²) in [5.41, 5.74) is 1.31. The largest absolute Gasteiger partial charge is 0.492 e. The Labute approximate surface area is 112 Å². The Morgan fingerprint density at radius 1 is 1.33 bits per heavy atom. The number of nitrogens with one attached hydrogen (secondary N) is 1. The number of aromatic nitrogens is 1. The van der Waals surface area contributed by atoms with E-state index < -0.39 is 0 Å². The van der Waals surface area contributed by atoms with Crippen molar-refractivity contribution in [2.75, 3.05) is 11.9 Å². The van der Waals surface area contributed by atoms with Crippen LogP contribution in [-0.4, -0.2) is 16.6 Å². The Bertz CT molecular complexity index is 496. The van der Waals surface area contributed by atoms with Crippen molar-refractivity contribution in [3.8, 4) is 5.88 Å². The summed E-state index contributed by atoms with van der Waals surface area (Å²) < 4.78 is 0. The quantitative estimate of drug-likeness (QED) is 0.865. The Hall–Kier alpha value is -1.55. The van der Waals surface area contributed by atoms with Crippen LogP contribution in [0, 0.1) is 0 Å². The van der Waals surface area contributed by atoms with E-state index in [1.165, 1.54) is 16.9 Å². The zero-order chi connectivity index (χ0) is 13.0. The molecule has 96 valence electrons. The summed E-state index contributed by atoms with van der Waals surface area (Å²) in [7, 11) is 0. The van der Waals surface area contributed by atoms with Crippen LogP contribution in [0.3, 0.4) is 0 Å². The second-order valence-corrected chi connectivity index (χ2v) is 5.40. The van der Waals surface area contributed by atoms with E-state index in [1.807, 2.05) is 13.0 Å². The van der Waals surface area contributed by atoms with Gasteiger partial charge in [0.25, 0.3) is 0 Å². The summed E-state index contributed by atoms with van der Waals surface area (Å²) in [5, 5.41) is 13.7. The Kier molecular flexibility index (Phi) is 4.20. The number of anilines is 1. The highest BCUT2D eigenvalue weighted by Crippen LogP contribution is 2.28. The SMILES string of the molecule is CCc1sc(NC[C@H](C)c2ccccc2)nc1O. The second kappa shape index (κ2) is 5.87. The van der Waals surface area contributed by atoms with Crippen molar-refractivity contribution in [1.29, 1.82) is 0 Å². The van der Waals surface area contributed by atoms with Crippen LogP contribution in [0.2, 0.25) is 0 Å². The van der Waals surface area contributed by atoms with Crippen LogP contribution in [0.25, 0.3) is 0 Å². The van der Waals surface area contributed by atoms with Gasteiger partial charge in [-0.3, -0.25) is 0 Å². The smallest absolute Gasteiger partial charge is 0.227 e. The molecule has 1 aromatic carbocycles. The normalized spacial score (nSPS) is 12.3. The summed E-state index contributed by atoms with van der Waals surface area (Å²) >= 11 is 1.52. The van der Waals surface area contributed by atoms with Crippen molar-refractivity contribution < 1.29 is 5.11 Å². The first kappa shape index (κ1) is 12.9. The van der Waals surface area contributed by atoms with Crippen LogP contribution >= 0.6 is 11.3 Å². The van der Waals surface area contributed by atoms with Crippen molar-refractivity contribution in [2.45, 2.75) is 26.2 Å². The van der Waals surface area contributed by atoms with Crippen molar-refractivity contribution in [3.63, 3.8) is 0 Å². The van der Waals surface area contributed by atoms with Crippen molar-refractivity contribution in [3.05, 3.63) is 40.8 Å². The molecule has 0 amide bonds. The molecule has 0 saturated carbocycles. The van der Waals surface area contributed by atoms with Crippen LogP contribution in [0.1, 0.15) is 30.2 Å². The van der Waals surface area contributed by atoms with E-state index in [4.69, 9.17) is 0 Å². The number of rotatable bonds is 5. The van der Waals surface area contributed by atoms with Gasteiger partial charge in [-0.2, -0.15) is 4.98 Å². The summed E-state index contributed by atoms with van der Waals surface area (Å²) in [5.74, 6) is 0.583. The van der Waals surface area contributed by atoms with Gasteiger partial charge in [-0.05, 0) is 17.9 Å². The molecule has 0 aliphatic rings. The molecule has 0 aliphatic heterocycles. The van der Waals surface area contributed by atoms with E-state index >= 15 is 0 Å². The number of hydrogen-bond acceptors (Lipinski definition) is 4. The second-order valence-electron chi connectivity index (χ2n) is 4.31. The average Bonchev–Trinajstić information content (AvgIpc) is 2.77. The van der Waals surface area contributed by atoms with Gasteiger partial charge in [0, 0.05) is 6.54 Å². The maximum absolute atomic E-state index is 9.57. The molecule has 1 atom stereocenters. The molecule has 1 heterocycles. The van der Waals surface area contributed by atoms with E-state index in [9.17, 15) is 5.11 Å². The summed E-state index contributed by atoms with van der Waals surface area (Å²) in [6.07, 6.45) is 0.819. The molecule has 3 nitrogen and oxygen atoms in total. The molecule has 0 radical (unpaired) electrons. The van der Waals surface area contributed by atoms with Crippen LogP contribution < -0.4 is 5.32 Å². The molecule has 0 fully saturated rings. The summed E-state index contributed by atoms with van der Waals surface area (Å²) in [6, 6.07) is 10.4. The number of hydrogen-bond donors (Lipinski definition) is 2. The number of aryl methyl sites for hydroxylation is 1. The van der Waals surface area contributed by atoms with E-state index in [-0.39, 0.29) is 5.88 Å². The minimum Gasteiger partial charge on any atom is -0.492 e. The van der Waals surface area contributed by atoms with Crippen molar-refractivity contribution in [1.82, 2.24) is 4.98 Å². The van der Waals surface area contributed by atoms with Crippen LogP contribution in [0.4, 0.5) is 5.13 Å². The molecule has 2 N–H and O–H groups in total. The van der Waals surface area contributed by atoms with Crippen molar-refractivity contribution >= 4 is 16.5 Å². The molecule has 1 aromatic heterocycles. The lowest BCUT2D eigenvalue weighted by Crippen LogP contribution is -2.09. The van der Waals surface area contributed by atoms with Crippen LogP contribution in [-0.2, 0) is 6.42 Å². The third-order valence-corrected chi connectivity index (χ3v) is 4.07. The molecule has 0 saturated heterocycles. The number of aromatic hydroxyl groups is 1. The zero-order valence-electron chi connectivity index (χ0n) is 10.7. The van der Waals surface area contributed by atoms with E-state index in [2.05, 4.69) is 41.5 Å². The monoisotopic (exact) mass is 262 g/mol. The fourth-order valence-electron chi connectivity index (χ4n) is 1.79. The standard InChI is InChI=1S/C14H18N2OS/c1-3-12-13(17)16-14(18-12)15-9-10(2)11-7-5-4-6-8-11/h4-8,10,17H,3,9H2,1-2H3,(H,15,16)/t10-/m0/s1. The summed E-state index contributed by atoms with van der Waals surface area (Å²) in [6.45, 7) is 5.01. The first-order valence-corrected chi connectivity index (χ1v) is 6.99. The maximum Gasteiger partial charge on any atom is 0.227 e. The van der Waals surface area contributed by atoms with Gasteiger partial charge in [0.2, 0.25) is 5.88 Å². The average molecular weight is 262 g/mol. The van der Waals surface area contributed by atoms with Gasteiger partial charge in [-0.15, -0.1) is 0 Å². The Morgan fingerprint density at radius 2 is 2.06 bits per heavy atom. The number of thiazole rings is 1. The lowest BCUT2D eigenvalue weighted by Gasteiger charge is -2.11. The highest BCUT2D eigenvalue weighted by Gasteiger charge is 2.10. The molecule has 0 unspecified atom stereocenters. The minimum atomic E-state index is 0.164. The van der Waals surface area contributed by atoms with E-state index in [0.717, 1.165) is 23.0 Å². The topological polar surface area (TPSA) is 45.2 Å². The van der Waals surface area contributed by atoms with Gasteiger partial charge in [0.05, 0.1) is 4.88 Å². The first-order chi connectivity index (χ1) is 8.70. The number of benzene rings is 1. The van der Waals surface area contributed by atoms with Gasteiger partial charge in [-0.25, -0.2) is 0 Å². The highest BCUT2D eigenvalue weighted by molar-refractivity contribution is 7.15. The minimum absolute atomic E-state index is 0.164. The molecule has 18 heavy (non-hydrogen) atoms. The summed E-state index contributed by atoms with van der Waals surface area (Å²) in [4.78, 5) is 5.05. The van der Waals surface area contributed by atoms with E-state index in [0.29, 0.717) is 5.92 Å². The molecule has 2 aromatic rings. The fraction of sp³-hybridized carbons (Fsp3) is 0.357. The van der Waals surface area contributed by atoms with Gasteiger partial charge < -0.3 is 10.4 Å². The Balaban J connectivity index is 1.95. The third-order valence-electron chi connectivity index (χ3n) is 2.93. The predicted molar refractivity (Wildman–Crippen MR) is 76.5 cm³/mol. The molecular formula is C14H18N2OS. The van der Waals surface area contributed by atoms with Crippen molar-refractivity contribution in [2.24, 2.45) is 0 Å². The van der Waals surface area contributed by atoms with Crippen LogP contribution in [0.15, 0.2) is 30.3 Å². The molecule has 4 heteroatoms. The van der Waals surface area contributed by atoms with Gasteiger partial charge >= 0.3 is 0 Å². The molecular weight excluding hydrogens is 244 g/mol. The highest BCUT2D eigenvalue weighted by atomic mass is 32.1. The lowest BCUT2D eigenvalue weighted by molar-refractivity contribution is 0.452. The Morgan fingerprint density at radius 3 is 2.67 bits per heavy atom. The number of nitrogens with zero attached hydrogens (tertiary/aromatic N) is 1. The maximum atomic E-state index is 9.57. The zero-order valence-corrected chi connectivity index (χ0v) is 11.5. The van der Waals surface area contributed by atoms with Crippen LogP contribution in [0.5, 0.6) is 5.88 Å². The third kappa shape index (κ3) is 3.01. The van der Waals surface area contributed by atoms with Gasteiger partial charge in [0.15, 0.2) is 5.13 Å². The molecule has 0 bridgehead atoms. The molecule has 0 aliphatic carbocycles. The van der Waals surface area contributed by atoms with E-state index in [1.54, 1.807) is 0 Å². The predicted octanol–water partition coefficient (Wildman–Crippen LogP) is 3.63.